The molecule has 37 heavy (non-hydrogen) atoms. The van der Waals surface area contributed by atoms with Crippen LogP contribution in [-0.4, -0.2) is 34.6 Å². The average molecular weight is 525 g/mol. The number of nitrogens with zero attached hydrogens (tertiary/aromatic N) is 1. The molecule has 0 saturated heterocycles. The SMILES string of the molecule is CCOc1ccc(N(CC(=O)NC(C)c2cc(C(C)C)c(OC)cc2C)S(=O)(=O)c2ccccc2)cc1. The highest BCUT2D eigenvalue weighted by Gasteiger charge is 2.28. The van der Waals surface area contributed by atoms with Crippen LogP contribution in [-0.2, 0) is 14.8 Å². The Kier molecular flexibility index (Phi) is 9.21. The molecular formula is C29H36N2O5S. The maximum absolute atomic E-state index is 13.6. The van der Waals surface area contributed by atoms with Crippen LogP contribution < -0.4 is 19.1 Å². The molecule has 0 aliphatic carbocycles. The van der Waals surface area contributed by atoms with Gasteiger partial charge < -0.3 is 14.8 Å². The highest BCUT2D eigenvalue weighted by Crippen LogP contribution is 2.32. The zero-order valence-electron chi connectivity index (χ0n) is 22.3. The molecule has 0 aromatic heterocycles. The van der Waals surface area contributed by atoms with E-state index in [9.17, 15) is 13.2 Å². The van der Waals surface area contributed by atoms with E-state index in [2.05, 4.69) is 25.2 Å². The third-order valence-electron chi connectivity index (χ3n) is 6.14. The number of nitrogens with one attached hydrogen (secondary N) is 1. The molecule has 1 unspecified atom stereocenters. The van der Waals surface area contributed by atoms with Crippen LogP contribution in [0.5, 0.6) is 11.5 Å². The van der Waals surface area contributed by atoms with Gasteiger partial charge in [0.25, 0.3) is 10.0 Å². The maximum Gasteiger partial charge on any atom is 0.264 e. The second-order valence-corrected chi connectivity index (χ2v) is 11.0. The van der Waals surface area contributed by atoms with Crippen molar-refractivity contribution in [3.05, 3.63) is 83.4 Å². The van der Waals surface area contributed by atoms with Gasteiger partial charge in [-0.25, -0.2) is 8.42 Å². The highest BCUT2D eigenvalue weighted by molar-refractivity contribution is 7.92. The van der Waals surface area contributed by atoms with Gasteiger partial charge in [0.1, 0.15) is 18.0 Å². The summed E-state index contributed by atoms with van der Waals surface area (Å²) in [6.45, 7) is 10.0. The number of amides is 1. The van der Waals surface area contributed by atoms with Gasteiger partial charge >= 0.3 is 0 Å². The first-order valence-corrected chi connectivity index (χ1v) is 13.8. The lowest BCUT2D eigenvalue weighted by Gasteiger charge is -2.26. The number of methoxy groups -OCH3 is 1. The summed E-state index contributed by atoms with van der Waals surface area (Å²) in [5, 5.41) is 2.99. The van der Waals surface area contributed by atoms with E-state index in [1.54, 1.807) is 49.6 Å². The standard InChI is InChI=1S/C29H36N2O5S/c1-7-36-24-15-13-23(14-16-24)31(37(33,34)25-11-9-8-10-12-25)19-29(32)30-22(5)27-18-26(20(2)3)28(35-6)17-21(27)4/h8-18,20,22H,7,19H2,1-6H3,(H,30,32). The molecule has 198 valence electrons. The van der Waals surface area contributed by atoms with Gasteiger partial charge in [0.15, 0.2) is 0 Å². The summed E-state index contributed by atoms with van der Waals surface area (Å²) in [6.07, 6.45) is 0. The number of rotatable bonds is 11. The van der Waals surface area contributed by atoms with Crippen molar-refractivity contribution in [3.8, 4) is 11.5 Å². The molecule has 1 atom stereocenters. The number of sulfonamides is 1. The van der Waals surface area contributed by atoms with Gasteiger partial charge in [0.2, 0.25) is 5.91 Å². The Bertz CT molecular complexity index is 1310. The summed E-state index contributed by atoms with van der Waals surface area (Å²) >= 11 is 0. The molecule has 7 nitrogen and oxygen atoms in total. The van der Waals surface area contributed by atoms with Crippen molar-refractivity contribution in [3.63, 3.8) is 0 Å². The Labute approximate surface area is 220 Å². The topological polar surface area (TPSA) is 84.9 Å². The molecular weight excluding hydrogens is 488 g/mol. The summed E-state index contributed by atoms with van der Waals surface area (Å²) in [7, 11) is -2.35. The first-order chi connectivity index (χ1) is 17.6. The van der Waals surface area contributed by atoms with Crippen molar-refractivity contribution in [2.75, 3.05) is 24.6 Å². The van der Waals surface area contributed by atoms with E-state index in [1.165, 1.54) is 12.1 Å². The fourth-order valence-electron chi connectivity index (χ4n) is 4.22. The number of anilines is 1. The molecule has 0 aliphatic heterocycles. The van der Waals surface area contributed by atoms with Crippen molar-refractivity contribution in [2.24, 2.45) is 0 Å². The monoisotopic (exact) mass is 524 g/mol. The van der Waals surface area contributed by atoms with Gasteiger partial charge in [-0.2, -0.15) is 0 Å². The van der Waals surface area contributed by atoms with Gasteiger partial charge in [-0.05, 0) is 91.9 Å². The number of benzene rings is 3. The highest BCUT2D eigenvalue weighted by atomic mass is 32.2. The Morgan fingerprint density at radius 2 is 1.62 bits per heavy atom. The van der Waals surface area contributed by atoms with E-state index in [0.29, 0.717) is 18.0 Å². The maximum atomic E-state index is 13.6. The quantitative estimate of drug-likeness (QED) is 0.353. The van der Waals surface area contributed by atoms with Crippen molar-refractivity contribution in [2.45, 2.75) is 51.5 Å². The van der Waals surface area contributed by atoms with Gasteiger partial charge in [-0.15, -0.1) is 0 Å². The molecule has 0 fully saturated rings. The molecule has 3 aromatic carbocycles. The van der Waals surface area contributed by atoms with Gasteiger partial charge in [-0.3, -0.25) is 9.10 Å². The predicted octanol–water partition coefficient (Wildman–Crippen LogP) is 5.60. The number of ether oxygens (including phenoxy) is 2. The van der Waals surface area contributed by atoms with Crippen LogP contribution in [0.1, 0.15) is 56.3 Å². The van der Waals surface area contributed by atoms with Crippen LogP contribution in [0.25, 0.3) is 0 Å². The summed E-state index contributed by atoms with van der Waals surface area (Å²) in [5.41, 5.74) is 3.36. The number of carbonyl (C=O) groups is 1. The number of aryl methyl sites for hydroxylation is 1. The third-order valence-corrected chi connectivity index (χ3v) is 7.93. The molecule has 1 N–H and O–H groups in total. The van der Waals surface area contributed by atoms with Crippen LogP contribution in [0.4, 0.5) is 5.69 Å². The Morgan fingerprint density at radius 3 is 2.19 bits per heavy atom. The molecule has 1 amide bonds. The molecule has 3 rings (SSSR count). The smallest absolute Gasteiger partial charge is 0.264 e. The van der Waals surface area contributed by atoms with E-state index in [-0.39, 0.29) is 23.4 Å². The van der Waals surface area contributed by atoms with Gasteiger partial charge in [-0.1, -0.05) is 32.0 Å². The lowest BCUT2D eigenvalue weighted by Crippen LogP contribution is -2.41. The molecule has 0 bridgehead atoms. The van der Waals surface area contributed by atoms with Crippen LogP contribution in [0, 0.1) is 6.92 Å². The second-order valence-electron chi connectivity index (χ2n) is 9.15. The Hall–Kier alpha value is -3.52. The molecule has 0 radical (unpaired) electrons. The van der Waals surface area contributed by atoms with Crippen LogP contribution in [0.3, 0.4) is 0 Å². The van der Waals surface area contributed by atoms with Crippen LogP contribution in [0.15, 0.2) is 71.6 Å². The van der Waals surface area contributed by atoms with Crippen molar-refractivity contribution in [1.29, 1.82) is 0 Å². The van der Waals surface area contributed by atoms with E-state index < -0.39 is 15.9 Å². The minimum atomic E-state index is -3.99. The van der Waals surface area contributed by atoms with Gasteiger partial charge in [0, 0.05) is 0 Å². The van der Waals surface area contributed by atoms with E-state index in [0.717, 1.165) is 26.7 Å². The van der Waals surface area contributed by atoms with Crippen molar-refractivity contribution < 1.29 is 22.7 Å². The minimum Gasteiger partial charge on any atom is -0.496 e. The number of hydrogen-bond donors (Lipinski definition) is 1. The molecule has 0 saturated carbocycles. The van der Waals surface area contributed by atoms with Crippen LogP contribution in [0.2, 0.25) is 0 Å². The Balaban J connectivity index is 1.90. The predicted molar refractivity (Wildman–Crippen MR) is 147 cm³/mol. The summed E-state index contributed by atoms with van der Waals surface area (Å²) in [6, 6.07) is 18.5. The zero-order valence-corrected chi connectivity index (χ0v) is 23.1. The first kappa shape index (κ1) is 28.1. The number of hydrogen-bond acceptors (Lipinski definition) is 5. The molecule has 0 heterocycles. The van der Waals surface area contributed by atoms with E-state index >= 15 is 0 Å². The summed E-state index contributed by atoms with van der Waals surface area (Å²) in [4.78, 5) is 13.4. The first-order valence-electron chi connectivity index (χ1n) is 12.4. The molecule has 0 spiro atoms. The second kappa shape index (κ2) is 12.1. The third kappa shape index (κ3) is 6.63. The minimum absolute atomic E-state index is 0.109. The normalized spacial score (nSPS) is 12.2. The van der Waals surface area contributed by atoms with Crippen molar-refractivity contribution >= 4 is 21.6 Å². The lowest BCUT2D eigenvalue weighted by atomic mass is 9.93. The Morgan fingerprint density at radius 1 is 0.973 bits per heavy atom. The zero-order chi connectivity index (χ0) is 27.2. The fourth-order valence-corrected chi connectivity index (χ4v) is 5.66. The molecule has 0 aliphatic rings. The van der Waals surface area contributed by atoms with Crippen molar-refractivity contribution in [1.82, 2.24) is 5.32 Å². The number of carbonyl (C=O) groups excluding carboxylic acids is 1. The van der Waals surface area contributed by atoms with Crippen LogP contribution >= 0.6 is 0 Å². The summed E-state index contributed by atoms with van der Waals surface area (Å²) < 4.78 is 39.3. The average Bonchev–Trinajstić information content (AvgIpc) is 2.88. The summed E-state index contributed by atoms with van der Waals surface area (Å²) in [5.74, 6) is 1.26. The lowest BCUT2D eigenvalue weighted by molar-refractivity contribution is -0.120. The van der Waals surface area contributed by atoms with E-state index in [1.807, 2.05) is 26.8 Å². The molecule has 8 heteroatoms. The van der Waals surface area contributed by atoms with E-state index in [4.69, 9.17) is 9.47 Å². The fraction of sp³-hybridized carbons (Fsp3) is 0.345. The van der Waals surface area contributed by atoms with Gasteiger partial charge in [0.05, 0.1) is 30.3 Å². The molecule has 3 aromatic rings. The largest absolute Gasteiger partial charge is 0.496 e.